The van der Waals surface area contributed by atoms with E-state index in [1.54, 1.807) is 13.8 Å². The van der Waals surface area contributed by atoms with Crippen molar-refractivity contribution in [3.63, 3.8) is 0 Å². The summed E-state index contributed by atoms with van der Waals surface area (Å²) < 4.78 is 49.0. The second kappa shape index (κ2) is 5.83. The van der Waals surface area contributed by atoms with E-state index in [0.29, 0.717) is 12.1 Å². The van der Waals surface area contributed by atoms with Gasteiger partial charge in [0.05, 0.1) is 4.90 Å². The number of amides is 1. The van der Waals surface area contributed by atoms with Crippen molar-refractivity contribution in [2.24, 2.45) is 5.92 Å². The number of nitrogens with one attached hydrogen (secondary N) is 1. The van der Waals surface area contributed by atoms with E-state index < -0.39 is 37.2 Å². The smallest absolute Gasteiger partial charge is 0.261 e. The van der Waals surface area contributed by atoms with E-state index in [0.717, 1.165) is 0 Å². The number of carbonyl (C=O) groups excluding carboxylic acids is 1. The molecule has 0 saturated heterocycles. The van der Waals surface area contributed by atoms with Gasteiger partial charge in [-0.2, -0.15) is 0 Å². The maximum Gasteiger partial charge on any atom is 0.261 e. The van der Waals surface area contributed by atoms with Crippen LogP contribution >= 0.6 is 10.7 Å². The Morgan fingerprint density at radius 2 is 1.79 bits per heavy atom. The Morgan fingerprint density at radius 1 is 1.32 bits per heavy atom. The Bertz CT molecular complexity index is 579. The van der Waals surface area contributed by atoms with Gasteiger partial charge in [-0.05, 0) is 18.1 Å². The van der Waals surface area contributed by atoms with E-state index >= 15 is 0 Å². The fourth-order valence-electron chi connectivity index (χ4n) is 1.37. The summed E-state index contributed by atoms with van der Waals surface area (Å²) in [4.78, 5) is 10.7. The van der Waals surface area contributed by atoms with Gasteiger partial charge in [0, 0.05) is 17.1 Å². The number of rotatable bonds is 4. The highest BCUT2D eigenvalue weighted by Gasteiger charge is 2.19. The molecule has 0 unspecified atom stereocenters. The summed E-state index contributed by atoms with van der Waals surface area (Å²) in [7, 11) is 0.748. The fourth-order valence-corrected chi connectivity index (χ4v) is 2.13. The van der Waals surface area contributed by atoms with Gasteiger partial charge in [0.15, 0.2) is 11.6 Å². The molecule has 0 saturated carbocycles. The monoisotopic (exact) mass is 311 g/mol. The van der Waals surface area contributed by atoms with E-state index in [1.165, 1.54) is 0 Å². The van der Waals surface area contributed by atoms with Crippen LogP contribution in [0.25, 0.3) is 0 Å². The van der Waals surface area contributed by atoms with Crippen molar-refractivity contribution in [2.45, 2.75) is 25.2 Å². The van der Waals surface area contributed by atoms with Gasteiger partial charge in [-0.3, -0.25) is 4.79 Å². The molecule has 0 aliphatic carbocycles. The zero-order chi connectivity index (χ0) is 14.8. The van der Waals surface area contributed by atoms with Crippen molar-refractivity contribution < 1.29 is 22.0 Å². The normalized spacial score (nSPS) is 11.7. The van der Waals surface area contributed by atoms with E-state index in [9.17, 15) is 22.0 Å². The van der Waals surface area contributed by atoms with Crippen LogP contribution in [0.2, 0.25) is 0 Å². The predicted molar refractivity (Wildman–Crippen MR) is 67.5 cm³/mol. The van der Waals surface area contributed by atoms with Gasteiger partial charge < -0.3 is 5.32 Å². The highest BCUT2D eigenvalue weighted by molar-refractivity contribution is 8.13. The number of carbonyl (C=O) groups is 1. The average Bonchev–Trinajstić information content (AvgIpc) is 2.20. The van der Waals surface area contributed by atoms with Gasteiger partial charge in [-0.25, -0.2) is 17.2 Å². The first-order valence-corrected chi connectivity index (χ1v) is 7.65. The average molecular weight is 312 g/mol. The first-order valence-electron chi connectivity index (χ1n) is 5.35. The van der Waals surface area contributed by atoms with Gasteiger partial charge in [-0.1, -0.05) is 13.8 Å². The highest BCUT2D eigenvalue weighted by Crippen LogP contribution is 2.25. The molecule has 1 rings (SSSR count). The van der Waals surface area contributed by atoms with Gasteiger partial charge in [0.2, 0.25) is 5.91 Å². The fraction of sp³-hybridized carbons (Fsp3) is 0.364. The zero-order valence-corrected chi connectivity index (χ0v) is 11.8. The van der Waals surface area contributed by atoms with Crippen LogP contribution in [0, 0.1) is 17.6 Å². The van der Waals surface area contributed by atoms with Crippen LogP contribution in [0.5, 0.6) is 0 Å². The minimum absolute atomic E-state index is 0.0219. The summed E-state index contributed by atoms with van der Waals surface area (Å²) in [5.41, 5.74) is -0.685. The van der Waals surface area contributed by atoms with Crippen LogP contribution in [-0.4, -0.2) is 14.3 Å². The SMILES string of the molecule is CC(C)CC(=O)Nc1c(F)cc(S(=O)(=O)Cl)cc1F. The van der Waals surface area contributed by atoms with E-state index in [4.69, 9.17) is 10.7 Å². The van der Waals surface area contributed by atoms with Crippen molar-refractivity contribution in [1.29, 1.82) is 0 Å². The van der Waals surface area contributed by atoms with Crippen LogP contribution in [0.3, 0.4) is 0 Å². The molecule has 8 heteroatoms. The third-order valence-electron chi connectivity index (χ3n) is 2.16. The molecule has 0 aliphatic heterocycles. The predicted octanol–water partition coefficient (Wildman–Crippen LogP) is 2.88. The third kappa shape index (κ3) is 4.43. The Balaban J connectivity index is 3.08. The summed E-state index contributed by atoms with van der Waals surface area (Å²) in [5.74, 6) is -2.93. The van der Waals surface area contributed by atoms with Gasteiger partial charge in [0.1, 0.15) is 5.69 Å². The molecule has 4 nitrogen and oxygen atoms in total. The number of hydrogen-bond donors (Lipinski definition) is 1. The summed E-state index contributed by atoms with van der Waals surface area (Å²) in [6.45, 7) is 3.55. The maximum atomic E-state index is 13.6. The zero-order valence-electron chi connectivity index (χ0n) is 10.2. The lowest BCUT2D eigenvalue weighted by molar-refractivity contribution is -0.116. The molecule has 1 aromatic rings. The van der Waals surface area contributed by atoms with Gasteiger partial charge in [-0.15, -0.1) is 0 Å². The number of halogens is 3. The molecule has 0 radical (unpaired) electrons. The Kier molecular flexibility index (Phi) is 4.86. The van der Waals surface area contributed by atoms with Crippen LogP contribution in [0.4, 0.5) is 14.5 Å². The molecule has 1 N–H and O–H groups in total. The van der Waals surface area contributed by atoms with Crippen LogP contribution in [0.1, 0.15) is 20.3 Å². The second-order valence-corrected chi connectivity index (χ2v) is 6.91. The van der Waals surface area contributed by atoms with Crippen molar-refractivity contribution in [1.82, 2.24) is 0 Å². The third-order valence-corrected chi connectivity index (χ3v) is 3.49. The molecule has 1 aromatic carbocycles. The summed E-state index contributed by atoms with van der Waals surface area (Å²) >= 11 is 0. The van der Waals surface area contributed by atoms with Crippen LogP contribution in [0.15, 0.2) is 17.0 Å². The summed E-state index contributed by atoms with van der Waals surface area (Å²) in [5, 5.41) is 2.06. The summed E-state index contributed by atoms with van der Waals surface area (Å²) in [6.07, 6.45) is 0.0917. The largest absolute Gasteiger partial charge is 0.321 e. The minimum atomic E-state index is -4.23. The van der Waals surface area contributed by atoms with E-state index in [-0.39, 0.29) is 12.3 Å². The molecule has 0 aromatic heterocycles. The second-order valence-electron chi connectivity index (χ2n) is 4.35. The van der Waals surface area contributed by atoms with E-state index in [2.05, 4.69) is 5.32 Å². The first kappa shape index (κ1) is 15.8. The lowest BCUT2D eigenvalue weighted by Gasteiger charge is -2.10. The molecule has 19 heavy (non-hydrogen) atoms. The van der Waals surface area contributed by atoms with Crippen LogP contribution < -0.4 is 5.32 Å². The Hall–Kier alpha value is -1.21. The quantitative estimate of drug-likeness (QED) is 0.870. The number of hydrogen-bond acceptors (Lipinski definition) is 3. The maximum absolute atomic E-state index is 13.6. The molecule has 0 aliphatic rings. The molecule has 0 fully saturated rings. The minimum Gasteiger partial charge on any atom is -0.321 e. The van der Waals surface area contributed by atoms with Crippen molar-refractivity contribution >= 4 is 31.3 Å². The molecular formula is C11H12ClF2NO3S. The van der Waals surface area contributed by atoms with Crippen molar-refractivity contribution in [3.05, 3.63) is 23.8 Å². The molecule has 0 spiro atoms. The molecule has 0 atom stereocenters. The molecule has 0 bridgehead atoms. The molecule has 1 amide bonds. The number of benzene rings is 1. The molecule has 106 valence electrons. The van der Waals surface area contributed by atoms with E-state index in [1.807, 2.05) is 0 Å². The van der Waals surface area contributed by atoms with Crippen LogP contribution in [-0.2, 0) is 13.8 Å². The van der Waals surface area contributed by atoms with Crippen molar-refractivity contribution in [3.8, 4) is 0 Å². The standard InChI is InChI=1S/C11H12ClF2NO3S/c1-6(2)3-10(16)15-11-8(13)4-7(5-9(11)14)19(12,17)18/h4-6H,3H2,1-2H3,(H,15,16). The first-order chi connectivity index (χ1) is 8.61. The number of anilines is 1. The lowest BCUT2D eigenvalue weighted by Crippen LogP contribution is -2.16. The highest BCUT2D eigenvalue weighted by atomic mass is 35.7. The van der Waals surface area contributed by atoms with Gasteiger partial charge >= 0.3 is 0 Å². The van der Waals surface area contributed by atoms with Gasteiger partial charge in [0.25, 0.3) is 9.05 Å². The lowest BCUT2D eigenvalue weighted by atomic mass is 10.1. The Morgan fingerprint density at radius 3 is 2.16 bits per heavy atom. The Labute approximate surface area is 114 Å². The summed E-state index contributed by atoms with van der Waals surface area (Å²) in [6, 6.07) is 1.10. The molecule has 0 heterocycles. The molecular weight excluding hydrogens is 300 g/mol. The van der Waals surface area contributed by atoms with Crippen molar-refractivity contribution in [2.75, 3.05) is 5.32 Å². The topological polar surface area (TPSA) is 63.2 Å².